The Morgan fingerprint density at radius 1 is 1.11 bits per heavy atom. The van der Waals surface area contributed by atoms with E-state index in [9.17, 15) is 14.4 Å². The van der Waals surface area contributed by atoms with E-state index in [0.717, 1.165) is 47.2 Å². The van der Waals surface area contributed by atoms with Crippen molar-refractivity contribution in [1.82, 2.24) is 9.55 Å². The van der Waals surface area contributed by atoms with Gasteiger partial charge in [0.25, 0.3) is 5.56 Å². The fraction of sp³-hybridized carbons (Fsp3) is 0.259. The third kappa shape index (κ3) is 4.37. The van der Waals surface area contributed by atoms with Crippen LogP contribution in [0, 0.1) is 6.92 Å². The van der Waals surface area contributed by atoms with E-state index in [1.165, 1.54) is 16.6 Å². The molecule has 0 unspecified atom stereocenters. The number of methoxy groups -OCH3 is 1. The molecule has 7 nitrogen and oxygen atoms in total. The Bertz CT molecular complexity index is 1520. The standard InChI is InChI=1S/C27H25N3O4S/c1-16-8-7-9-17(14-16)24-29-25-23(19-11-4-6-13-21(19)35-25)26(32)30(24)15-22(31)28-20-12-5-3-10-18(20)27(33)34-2/h3,5,7-10,12,14H,4,6,11,13,15H2,1-2H3,(H,28,31). The minimum atomic E-state index is -0.550. The molecule has 4 aromatic rings. The van der Waals surface area contributed by atoms with Crippen molar-refractivity contribution < 1.29 is 14.3 Å². The molecule has 0 aliphatic heterocycles. The molecule has 0 radical (unpaired) electrons. The molecule has 0 atom stereocenters. The van der Waals surface area contributed by atoms with E-state index in [-0.39, 0.29) is 17.7 Å². The number of thiophene rings is 1. The van der Waals surface area contributed by atoms with Gasteiger partial charge in [0, 0.05) is 10.4 Å². The Morgan fingerprint density at radius 3 is 2.71 bits per heavy atom. The highest BCUT2D eigenvalue weighted by molar-refractivity contribution is 7.18. The fourth-order valence-electron chi connectivity index (χ4n) is 4.60. The predicted molar refractivity (Wildman–Crippen MR) is 137 cm³/mol. The van der Waals surface area contributed by atoms with Crippen molar-refractivity contribution in [3.63, 3.8) is 0 Å². The maximum Gasteiger partial charge on any atom is 0.339 e. The van der Waals surface area contributed by atoms with Gasteiger partial charge in [-0.2, -0.15) is 0 Å². The average Bonchev–Trinajstić information content (AvgIpc) is 3.24. The number of para-hydroxylation sites is 1. The molecule has 2 aromatic carbocycles. The molecule has 1 aliphatic carbocycles. The number of ether oxygens (including phenoxy) is 1. The van der Waals surface area contributed by atoms with E-state index < -0.39 is 11.9 Å². The summed E-state index contributed by atoms with van der Waals surface area (Å²) in [7, 11) is 1.29. The molecule has 0 fully saturated rings. The van der Waals surface area contributed by atoms with Crippen LogP contribution < -0.4 is 10.9 Å². The van der Waals surface area contributed by atoms with E-state index in [0.29, 0.717) is 16.9 Å². The number of anilines is 1. The number of nitrogens with zero attached hydrogens (tertiary/aromatic N) is 2. The zero-order valence-electron chi connectivity index (χ0n) is 19.6. The van der Waals surface area contributed by atoms with E-state index in [1.54, 1.807) is 35.6 Å². The van der Waals surface area contributed by atoms with Crippen molar-refractivity contribution in [2.75, 3.05) is 12.4 Å². The summed E-state index contributed by atoms with van der Waals surface area (Å²) in [6.45, 7) is 1.75. The van der Waals surface area contributed by atoms with Crippen molar-refractivity contribution >= 4 is 39.1 Å². The normalized spacial score (nSPS) is 12.9. The van der Waals surface area contributed by atoms with Gasteiger partial charge in [-0.3, -0.25) is 14.2 Å². The molecule has 1 amide bonds. The molecular weight excluding hydrogens is 462 g/mol. The molecule has 0 saturated heterocycles. The molecule has 1 aliphatic rings. The Kier molecular flexibility index (Phi) is 6.21. The number of nitrogens with one attached hydrogen (secondary N) is 1. The average molecular weight is 488 g/mol. The van der Waals surface area contributed by atoms with Crippen LogP contribution in [0.3, 0.4) is 0 Å². The summed E-state index contributed by atoms with van der Waals surface area (Å²) in [4.78, 5) is 46.0. The topological polar surface area (TPSA) is 90.3 Å². The number of fused-ring (bicyclic) bond motifs is 3. The van der Waals surface area contributed by atoms with Crippen molar-refractivity contribution in [3.8, 4) is 11.4 Å². The first-order valence-corrected chi connectivity index (χ1v) is 12.4. The molecule has 5 rings (SSSR count). The van der Waals surface area contributed by atoms with Crippen LogP contribution >= 0.6 is 11.3 Å². The highest BCUT2D eigenvalue weighted by Crippen LogP contribution is 2.35. The van der Waals surface area contributed by atoms with Crippen LogP contribution in [0.25, 0.3) is 21.6 Å². The number of rotatable bonds is 5. The largest absolute Gasteiger partial charge is 0.465 e. The Labute approximate surface area is 206 Å². The smallest absolute Gasteiger partial charge is 0.339 e. The van der Waals surface area contributed by atoms with Crippen LogP contribution in [0.1, 0.15) is 39.2 Å². The SMILES string of the molecule is COC(=O)c1ccccc1NC(=O)Cn1c(-c2cccc(C)c2)nc2sc3c(c2c1=O)CCCC3. The summed E-state index contributed by atoms with van der Waals surface area (Å²) >= 11 is 1.59. The quantitative estimate of drug-likeness (QED) is 0.411. The summed E-state index contributed by atoms with van der Waals surface area (Å²) in [6.07, 6.45) is 3.97. The molecule has 178 valence electrons. The van der Waals surface area contributed by atoms with Crippen molar-refractivity contribution in [1.29, 1.82) is 0 Å². The summed E-state index contributed by atoms with van der Waals surface area (Å²) < 4.78 is 6.28. The minimum absolute atomic E-state index is 0.206. The molecule has 0 bridgehead atoms. The molecule has 0 saturated carbocycles. The lowest BCUT2D eigenvalue weighted by molar-refractivity contribution is -0.116. The van der Waals surface area contributed by atoms with Gasteiger partial charge < -0.3 is 10.1 Å². The Morgan fingerprint density at radius 2 is 1.91 bits per heavy atom. The van der Waals surface area contributed by atoms with Gasteiger partial charge in [0.05, 0.1) is 23.7 Å². The zero-order chi connectivity index (χ0) is 24.5. The lowest BCUT2D eigenvalue weighted by Crippen LogP contribution is -2.30. The molecule has 2 aromatic heterocycles. The van der Waals surface area contributed by atoms with Crippen LogP contribution in [0.5, 0.6) is 0 Å². The maximum absolute atomic E-state index is 13.8. The monoisotopic (exact) mass is 487 g/mol. The van der Waals surface area contributed by atoms with Gasteiger partial charge >= 0.3 is 5.97 Å². The van der Waals surface area contributed by atoms with E-state index in [2.05, 4.69) is 5.32 Å². The van der Waals surface area contributed by atoms with Gasteiger partial charge in [-0.15, -0.1) is 11.3 Å². The Hall–Kier alpha value is -3.78. The van der Waals surface area contributed by atoms with E-state index >= 15 is 0 Å². The fourth-order valence-corrected chi connectivity index (χ4v) is 5.85. The third-order valence-corrected chi connectivity index (χ3v) is 7.44. The predicted octanol–water partition coefficient (Wildman–Crippen LogP) is 4.74. The number of aryl methyl sites for hydroxylation is 3. The van der Waals surface area contributed by atoms with Crippen molar-refractivity contribution in [3.05, 3.63) is 80.5 Å². The van der Waals surface area contributed by atoms with E-state index in [1.807, 2.05) is 31.2 Å². The van der Waals surface area contributed by atoms with E-state index in [4.69, 9.17) is 9.72 Å². The molecule has 35 heavy (non-hydrogen) atoms. The van der Waals surface area contributed by atoms with Gasteiger partial charge in [0.15, 0.2) is 0 Å². The Balaban J connectivity index is 1.60. The number of benzene rings is 2. The van der Waals surface area contributed by atoms with Crippen molar-refractivity contribution in [2.24, 2.45) is 0 Å². The van der Waals surface area contributed by atoms with Gasteiger partial charge in [-0.1, -0.05) is 35.9 Å². The summed E-state index contributed by atoms with van der Waals surface area (Å²) in [5.41, 5.74) is 3.26. The number of hydrogen-bond donors (Lipinski definition) is 1. The summed E-state index contributed by atoms with van der Waals surface area (Å²) in [5.74, 6) is -0.518. The number of carbonyl (C=O) groups excluding carboxylic acids is 2. The molecule has 2 heterocycles. The van der Waals surface area contributed by atoms with Gasteiger partial charge in [0.2, 0.25) is 5.91 Å². The van der Waals surface area contributed by atoms with Crippen LogP contribution in [0.2, 0.25) is 0 Å². The summed E-state index contributed by atoms with van der Waals surface area (Å²) in [6, 6.07) is 14.4. The van der Waals surface area contributed by atoms with Crippen LogP contribution in [0.4, 0.5) is 5.69 Å². The molecule has 8 heteroatoms. The maximum atomic E-state index is 13.8. The second-order valence-electron chi connectivity index (χ2n) is 8.67. The van der Waals surface area contributed by atoms with Crippen LogP contribution in [-0.2, 0) is 28.9 Å². The first kappa shape index (κ1) is 23.0. The highest BCUT2D eigenvalue weighted by Gasteiger charge is 2.24. The lowest BCUT2D eigenvalue weighted by Gasteiger charge is -2.15. The van der Waals surface area contributed by atoms with Crippen LogP contribution in [-0.4, -0.2) is 28.5 Å². The highest BCUT2D eigenvalue weighted by atomic mass is 32.1. The van der Waals surface area contributed by atoms with Crippen LogP contribution in [0.15, 0.2) is 53.3 Å². The number of hydrogen-bond acceptors (Lipinski definition) is 6. The third-order valence-electron chi connectivity index (χ3n) is 6.26. The second kappa shape index (κ2) is 9.46. The molecule has 0 spiro atoms. The molecule has 1 N–H and O–H groups in total. The second-order valence-corrected chi connectivity index (χ2v) is 9.76. The minimum Gasteiger partial charge on any atom is -0.465 e. The van der Waals surface area contributed by atoms with Gasteiger partial charge in [-0.25, -0.2) is 9.78 Å². The summed E-state index contributed by atoms with van der Waals surface area (Å²) in [5, 5.41) is 3.40. The molecular formula is C27H25N3O4S. The first-order valence-electron chi connectivity index (χ1n) is 11.6. The zero-order valence-corrected chi connectivity index (χ0v) is 20.4. The number of esters is 1. The number of aromatic nitrogens is 2. The lowest BCUT2D eigenvalue weighted by atomic mass is 9.97. The van der Waals surface area contributed by atoms with Gasteiger partial charge in [0.1, 0.15) is 17.2 Å². The number of amides is 1. The van der Waals surface area contributed by atoms with Gasteiger partial charge in [-0.05, 0) is 56.4 Å². The van der Waals surface area contributed by atoms with Crippen molar-refractivity contribution in [2.45, 2.75) is 39.2 Å². The first-order chi connectivity index (χ1) is 17.0. The number of carbonyl (C=O) groups is 2.